The normalized spacial score (nSPS) is 24.5. The molecule has 1 aliphatic rings. The molecule has 3 nitrogen and oxygen atoms in total. The molecule has 0 bridgehead atoms. The van der Waals surface area contributed by atoms with Gasteiger partial charge < -0.3 is 5.32 Å². The molecule has 1 heterocycles. The second-order valence-electron chi connectivity index (χ2n) is 5.22. The minimum atomic E-state index is 0.558. The van der Waals surface area contributed by atoms with Crippen LogP contribution in [0.4, 0.5) is 0 Å². The number of aromatic nitrogens is 2. The second kappa shape index (κ2) is 5.11. The van der Waals surface area contributed by atoms with Gasteiger partial charge in [0.2, 0.25) is 0 Å². The summed E-state index contributed by atoms with van der Waals surface area (Å²) in [4.78, 5) is 0. The highest BCUT2D eigenvalue weighted by Gasteiger charge is 2.23. The van der Waals surface area contributed by atoms with Crippen LogP contribution in [0.25, 0.3) is 10.9 Å². The van der Waals surface area contributed by atoms with Crippen molar-refractivity contribution in [2.75, 3.05) is 6.54 Å². The largest absolute Gasteiger partial charge is 0.314 e. The highest BCUT2D eigenvalue weighted by molar-refractivity contribution is 5.78. The Balaban J connectivity index is 1.85. The number of benzene rings is 1. The lowest BCUT2D eigenvalue weighted by atomic mass is 9.91. The van der Waals surface area contributed by atoms with Crippen LogP contribution in [-0.4, -0.2) is 22.4 Å². The quantitative estimate of drug-likeness (QED) is 0.897. The molecular formula is C15H21N3. The molecule has 18 heavy (non-hydrogen) atoms. The third-order valence-electron chi connectivity index (χ3n) is 3.99. The zero-order chi connectivity index (χ0) is 12.4. The van der Waals surface area contributed by atoms with Crippen LogP contribution >= 0.6 is 0 Å². The van der Waals surface area contributed by atoms with Gasteiger partial charge in [-0.1, -0.05) is 25.1 Å². The van der Waals surface area contributed by atoms with E-state index in [4.69, 9.17) is 0 Å². The molecule has 1 N–H and O–H groups in total. The van der Waals surface area contributed by atoms with Gasteiger partial charge in [0.05, 0.1) is 17.8 Å². The van der Waals surface area contributed by atoms with E-state index in [1.807, 2.05) is 6.20 Å². The molecule has 3 heteroatoms. The lowest BCUT2D eigenvalue weighted by Gasteiger charge is -2.30. The van der Waals surface area contributed by atoms with E-state index in [1.54, 1.807) is 0 Å². The zero-order valence-electron chi connectivity index (χ0n) is 11.0. The fourth-order valence-corrected chi connectivity index (χ4v) is 3.14. The van der Waals surface area contributed by atoms with Crippen LogP contribution in [0.15, 0.2) is 30.5 Å². The summed E-state index contributed by atoms with van der Waals surface area (Å²) >= 11 is 0. The lowest BCUT2D eigenvalue weighted by molar-refractivity contribution is 0.277. The molecule has 2 aromatic rings. The van der Waals surface area contributed by atoms with E-state index in [0.717, 1.165) is 6.54 Å². The highest BCUT2D eigenvalue weighted by Crippen LogP contribution is 2.30. The van der Waals surface area contributed by atoms with E-state index in [0.29, 0.717) is 12.1 Å². The van der Waals surface area contributed by atoms with E-state index in [-0.39, 0.29) is 0 Å². The molecule has 96 valence electrons. The average Bonchev–Trinajstić information content (AvgIpc) is 2.83. The van der Waals surface area contributed by atoms with Gasteiger partial charge in [-0.2, -0.15) is 5.10 Å². The monoisotopic (exact) mass is 243 g/mol. The summed E-state index contributed by atoms with van der Waals surface area (Å²) in [5.41, 5.74) is 1.28. The fraction of sp³-hybridized carbons (Fsp3) is 0.533. The molecule has 0 saturated heterocycles. The van der Waals surface area contributed by atoms with Crippen molar-refractivity contribution in [3.05, 3.63) is 30.5 Å². The van der Waals surface area contributed by atoms with Gasteiger partial charge in [-0.25, -0.2) is 0 Å². The smallest absolute Gasteiger partial charge is 0.0685 e. The van der Waals surface area contributed by atoms with Crippen LogP contribution in [0.5, 0.6) is 0 Å². The van der Waals surface area contributed by atoms with Crippen molar-refractivity contribution >= 4 is 10.9 Å². The second-order valence-corrected chi connectivity index (χ2v) is 5.22. The number of hydrogen-bond acceptors (Lipinski definition) is 2. The molecule has 1 fully saturated rings. The Morgan fingerprint density at radius 3 is 3.11 bits per heavy atom. The maximum atomic E-state index is 4.60. The van der Waals surface area contributed by atoms with Crippen molar-refractivity contribution in [3.8, 4) is 0 Å². The standard InChI is InChI=1S/C15H21N3/c1-2-16-13-7-5-8-14(10-13)18-15-9-4-3-6-12(15)11-17-18/h3-4,6,9,11,13-14,16H,2,5,7-8,10H2,1H3. The molecule has 1 aromatic heterocycles. The number of hydrogen-bond donors (Lipinski definition) is 1. The Morgan fingerprint density at radius 1 is 1.33 bits per heavy atom. The molecule has 0 aliphatic heterocycles. The molecule has 0 spiro atoms. The number of rotatable bonds is 3. The van der Waals surface area contributed by atoms with Crippen LogP contribution < -0.4 is 5.32 Å². The van der Waals surface area contributed by atoms with Gasteiger partial charge in [0.25, 0.3) is 0 Å². The third-order valence-corrected chi connectivity index (χ3v) is 3.99. The van der Waals surface area contributed by atoms with Gasteiger partial charge in [-0.15, -0.1) is 0 Å². The van der Waals surface area contributed by atoms with Crippen molar-refractivity contribution in [2.24, 2.45) is 0 Å². The van der Waals surface area contributed by atoms with Gasteiger partial charge in [0.15, 0.2) is 0 Å². The van der Waals surface area contributed by atoms with Gasteiger partial charge >= 0.3 is 0 Å². The van der Waals surface area contributed by atoms with Crippen LogP contribution in [0, 0.1) is 0 Å². The first-order valence-electron chi connectivity index (χ1n) is 7.04. The molecule has 2 unspecified atom stereocenters. The van der Waals surface area contributed by atoms with Crippen LogP contribution in [0.1, 0.15) is 38.6 Å². The van der Waals surface area contributed by atoms with E-state index >= 15 is 0 Å². The highest BCUT2D eigenvalue weighted by atomic mass is 15.3. The molecule has 1 aromatic carbocycles. The summed E-state index contributed by atoms with van der Waals surface area (Å²) in [6.07, 6.45) is 7.07. The Labute approximate surface area is 108 Å². The summed E-state index contributed by atoms with van der Waals surface area (Å²) < 4.78 is 2.23. The minimum absolute atomic E-state index is 0.558. The first kappa shape index (κ1) is 11.7. The Morgan fingerprint density at radius 2 is 2.22 bits per heavy atom. The van der Waals surface area contributed by atoms with Gasteiger partial charge in [0.1, 0.15) is 0 Å². The van der Waals surface area contributed by atoms with Gasteiger partial charge in [-0.05, 0) is 38.3 Å². The zero-order valence-corrected chi connectivity index (χ0v) is 11.0. The number of nitrogens with one attached hydrogen (secondary N) is 1. The van der Waals surface area contributed by atoms with Crippen LogP contribution in [0.3, 0.4) is 0 Å². The third kappa shape index (κ3) is 2.15. The predicted octanol–water partition coefficient (Wildman–Crippen LogP) is 3.13. The summed E-state index contributed by atoms with van der Waals surface area (Å²) in [7, 11) is 0. The van der Waals surface area contributed by atoms with Gasteiger partial charge in [0, 0.05) is 11.4 Å². The first-order valence-corrected chi connectivity index (χ1v) is 7.04. The summed E-state index contributed by atoms with van der Waals surface area (Å²) in [6.45, 7) is 3.25. The maximum absolute atomic E-state index is 4.60. The summed E-state index contributed by atoms with van der Waals surface area (Å²) in [5, 5.41) is 9.44. The van der Waals surface area contributed by atoms with Gasteiger partial charge in [-0.3, -0.25) is 4.68 Å². The molecule has 3 rings (SSSR count). The number of para-hydroxylation sites is 1. The van der Waals surface area contributed by atoms with Crippen molar-refractivity contribution in [2.45, 2.75) is 44.7 Å². The van der Waals surface area contributed by atoms with Crippen molar-refractivity contribution in [1.29, 1.82) is 0 Å². The molecule has 1 saturated carbocycles. The minimum Gasteiger partial charge on any atom is -0.314 e. The average molecular weight is 243 g/mol. The molecule has 0 amide bonds. The SMILES string of the molecule is CCNC1CCCC(n2ncc3ccccc32)C1. The lowest BCUT2D eigenvalue weighted by Crippen LogP contribution is -2.34. The maximum Gasteiger partial charge on any atom is 0.0685 e. The summed E-state index contributed by atoms with van der Waals surface area (Å²) in [5.74, 6) is 0. The van der Waals surface area contributed by atoms with E-state index in [9.17, 15) is 0 Å². The summed E-state index contributed by atoms with van der Waals surface area (Å²) in [6, 6.07) is 9.73. The molecule has 2 atom stereocenters. The van der Waals surface area contributed by atoms with E-state index in [2.05, 4.69) is 46.3 Å². The van der Waals surface area contributed by atoms with Crippen LogP contribution in [-0.2, 0) is 0 Å². The van der Waals surface area contributed by atoms with E-state index in [1.165, 1.54) is 36.6 Å². The first-order chi connectivity index (χ1) is 8.88. The molecule has 1 aliphatic carbocycles. The van der Waals surface area contributed by atoms with Crippen molar-refractivity contribution < 1.29 is 0 Å². The molecule has 0 radical (unpaired) electrons. The molecular weight excluding hydrogens is 222 g/mol. The van der Waals surface area contributed by atoms with Crippen molar-refractivity contribution in [3.63, 3.8) is 0 Å². The topological polar surface area (TPSA) is 29.9 Å². The number of nitrogens with zero attached hydrogens (tertiary/aromatic N) is 2. The Hall–Kier alpha value is -1.35. The predicted molar refractivity (Wildman–Crippen MR) is 74.7 cm³/mol. The van der Waals surface area contributed by atoms with Crippen LogP contribution in [0.2, 0.25) is 0 Å². The van der Waals surface area contributed by atoms with E-state index < -0.39 is 0 Å². The number of fused-ring (bicyclic) bond motifs is 1. The Bertz CT molecular complexity index is 515. The fourth-order valence-electron chi connectivity index (χ4n) is 3.14. The Kier molecular flexibility index (Phi) is 3.33. The van der Waals surface area contributed by atoms with Crippen molar-refractivity contribution in [1.82, 2.24) is 15.1 Å².